The summed E-state index contributed by atoms with van der Waals surface area (Å²) in [4.78, 5) is 25.1. The number of hydrogen-bond donors (Lipinski definition) is 1. The standard InChI is InChI=1S/C19H15F4NO3/c1-3-27-19(26)15(17(24)10-4-6-11(20)7-5-10)18(25)14-9(2)16(23)13(22)8-12(14)21/h4-8H,3,24H2,1-2H3. The highest BCUT2D eigenvalue weighted by atomic mass is 19.2. The summed E-state index contributed by atoms with van der Waals surface area (Å²) < 4.78 is 59.2. The van der Waals surface area contributed by atoms with Gasteiger partial charge in [0.15, 0.2) is 11.6 Å². The summed E-state index contributed by atoms with van der Waals surface area (Å²) in [6.07, 6.45) is 0. The topological polar surface area (TPSA) is 69.4 Å². The summed E-state index contributed by atoms with van der Waals surface area (Å²) >= 11 is 0. The SMILES string of the molecule is CCOC(=O)C(C(=O)c1c(F)cc(F)c(F)c1C)=C(N)c1ccc(F)cc1. The van der Waals surface area contributed by atoms with E-state index in [-0.39, 0.29) is 18.2 Å². The maximum absolute atomic E-state index is 14.2. The van der Waals surface area contributed by atoms with E-state index in [4.69, 9.17) is 10.5 Å². The highest BCUT2D eigenvalue weighted by Gasteiger charge is 2.30. The summed E-state index contributed by atoms with van der Waals surface area (Å²) in [5.74, 6) is -7.29. The molecule has 0 aliphatic heterocycles. The lowest BCUT2D eigenvalue weighted by Crippen LogP contribution is -2.23. The van der Waals surface area contributed by atoms with Crippen molar-refractivity contribution in [3.05, 3.63) is 75.9 Å². The van der Waals surface area contributed by atoms with Crippen LogP contribution in [-0.4, -0.2) is 18.4 Å². The monoisotopic (exact) mass is 381 g/mol. The van der Waals surface area contributed by atoms with E-state index >= 15 is 0 Å². The molecule has 0 spiro atoms. The van der Waals surface area contributed by atoms with E-state index in [9.17, 15) is 27.2 Å². The third kappa shape index (κ3) is 3.99. The van der Waals surface area contributed by atoms with Crippen molar-refractivity contribution in [3.63, 3.8) is 0 Å². The Kier molecular flexibility index (Phi) is 5.99. The second kappa shape index (κ2) is 8.03. The minimum atomic E-state index is -1.48. The highest BCUT2D eigenvalue weighted by Crippen LogP contribution is 2.26. The van der Waals surface area contributed by atoms with Crippen LogP contribution in [0.25, 0.3) is 5.70 Å². The summed E-state index contributed by atoms with van der Waals surface area (Å²) in [5.41, 5.74) is 3.32. The Morgan fingerprint density at radius 3 is 2.19 bits per heavy atom. The van der Waals surface area contributed by atoms with Crippen LogP contribution in [0.15, 0.2) is 35.9 Å². The first kappa shape index (κ1) is 20.2. The smallest absolute Gasteiger partial charge is 0.344 e. The minimum absolute atomic E-state index is 0.0912. The largest absolute Gasteiger partial charge is 0.462 e. The second-order valence-electron chi connectivity index (χ2n) is 5.50. The van der Waals surface area contributed by atoms with Crippen LogP contribution in [0.2, 0.25) is 0 Å². The number of ether oxygens (including phenoxy) is 1. The van der Waals surface area contributed by atoms with Crippen molar-refractivity contribution < 1.29 is 31.9 Å². The molecule has 0 amide bonds. The molecule has 0 saturated carbocycles. The lowest BCUT2D eigenvalue weighted by molar-refractivity contribution is -0.138. The average molecular weight is 381 g/mol. The van der Waals surface area contributed by atoms with Crippen molar-refractivity contribution in [2.75, 3.05) is 6.61 Å². The van der Waals surface area contributed by atoms with Gasteiger partial charge < -0.3 is 10.5 Å². The third-order valence-corrected chi connectivity index (χ3v) is 3.76. The molecule has 0 aliphatic carbocycles. The van der Waals surface area contributed by atoms with Crippen molar-refractivity contribution >= 4 is 17.4 Å². The van der Waals surface area contributed by atoms with Crippen molar-refractivity contribution in [1.29, 1.82) is 0 Å². The normalized spacial score (nSPS) is 11.8. The van der Waals surface area contributed by atoms with Crippen LogP contribution < -0.4 is 5.73 Å². The van der Waals surface area contributed by atoms with Gasteiger partial charge in [-0.25, -0.2) is 22.4 Å². The number of Topliss-reactive ketones (excluding diaryl/α,β-unsaturated/α-hetero) is 1. The van der Waals surface area contributed by atoms with Gasteiger partial charge in [-0.1, -0.05) is 0 Å². The van der Waals surface area contributed by atoms with E-state index < -0.39 is 57.4 Å². The number of halogens is 4. The fraction of sp³-hybridized carbons (Fsp3) is 0.158. The van der Waals surface area contributed by atoms with E-state index in [1.807, 2.05) is 0 Å². The van der Waals surface area contributed by atoms with Gasteiger partial charge in [-0.15, -0.1) is 0 Å². The van der Waals surface area contributed by atoms with Gasteiger partial charge in [0.05, 0.1) is 17.9 Å². The Hall–Kier alpha value is -3.16. The molecule has 2 rings (SSSR count). The first-order valence-electron chi connectivity index (χ1n) is 7.80. The minimum Gasteiger partial charge on any atom is -0.462 e. The molecule has 0 aromatic heterocycles. The van der Waals surface area contributed by atoms with Gasteiger partial charge in [-0.2, -0.15) is 0 Å². The molecule has 0 saturated heterocycles. The molecule has 0 radical (unpaired) electrons. The molecule has 2 N–H and O–H groups in total. The van der Waals surface area contributed by atoms with Gasteiger partial charge in [-0.3, -0.25) is 4.79 Å². The van der Waals surface area contributed by atoms with Crippen molar-refractivity contribution in [2.24, 2.45) is 5.73 Å². The summed E-state index contributed by atoms with van der Waals surface area (Å²) in [7, 11) is 0. The zero-order valence-electron chi connectivity index (χ0n) is 14.4. The van der Waals surface area contributed by atoms with Crippen molar-refractivity contribution in [2.45, 2.75) is 13.8 Å². The molecule has 0 unspecified atom stereocenters. The zero-order valence-corrected chi connectivity index (χ0v) is 14.4. The van der Waals surface area contributed by atoms with Crippen LogP contribution in [0, 0.1) is 30.2 Å². The first-order valence-corrected chi connectivity index (χ1v) is 7.80. The average Bonchev–Trinajstić information content (AvgIpc) is 2.60. The van der Waals surface area contributed by atoms with Crippen LogP contribution in [0.1, 0.15) is 28.4 Å². The summed E-state index contributed by atoms with van der Waals surface area (Å²) in [5, 5.41) is 0. The van der Waals surface area contributed by atoms with Gasteiger partial charge in [0.1, 0.15) is 17.2 Å². The number of esters is 1. The molecule has 2 aromatic rings. The maximum atomic E-state index is 14.2. The van der Waals surface area contributed by atoms with E-state index in [2.05, 4.69) is 0 Å². The lowest BCUT2D eigenvalue weighted by atomic mass is 9.94. The molecule has 0 heterocycles. The predicted octanol–water partition coefficient (Wildman–Crippen LogP) is 3.67. The number of hydrogen-bond acceptors (Lipinski definition) is 4. The molecule has 4 nitrogen and oxygen atoms in total. The number of carbonyl (C=O) groups excluding carboxylic acids is 2. The van der Waals surface area contributed by atoms with Crippen LogP contribution in [0.4, 0.5) is 17.6 Å². The van der Waals surface area contributed by atoms with E-state index in [0.29, 0.717) is 0 Å². The Labute approximate surface area is 152 Å². The number of ketones is 1. The first-order chi connectivity index (χ1) is 12.7. The fourth-order valence-corrected chi connectivity index (χ4v) is 2.42. The number of benzene rings is 2. The Morgan fingerprint density at radius 1 is 1.04 bits per heavy atom. The molecular weight excluding hydrogens is 366 g/mol. The highest BCUT2D eigenvalue weighted by molar-refractivity contribution is 6.28. The molecule has 27 heavy (non-hydrogen) atoms. The fourth-order valence-electron chi connectivity index (χ4n) is 2.42. The molecule has 0 aliphatic rings. The molecular formula is C19H15F4NO3. The van der Waals surface area contributed by atoms with E-state index in [1.165, 1.54) is 19.1 Å². The molecule has 2 aromatic carbocycles. The summed E-state index contributed by atoms with van der Waals surface area (Å²) in [6, 6.07) is 4.68. The van der Waals surface area contributed by atoms with Gasteiger partial charge in [0.25, 0.3) is 0 Å². The Bertz CT molecular complexity index is 937. The van der Waals surface area contributed by atoms with Crippen LogP contribution in [0.3, 0.4) is 0 Å². The molecule has 0 fully saturated rings. The van der Waals surface area contributed by atoms with Crippen LogP contribution in [-0.2, 0) is 9.53 Å². The number of rotatable bonds is 5. The van der Waals surface area contributed by atoms with E-state index in [1.54, 1.807) is 0 Å². The van der Waals surface area contributed by atoms with Crippen LogP contribution >= 0.6 is 0 Å². The Balaban J connectivity index is 2.71. The zero-order chi connectivity index (χ0) is 20.3. The quantitative estimate of drug-likeness (QED) is 0.163. The number of nitrogens with two attached hydrogens (primary N) is 1. The van der Waals surface area contributed by atoms with Gasteiger partial charge in [0, 0.05) is 11.6 Å². The van der Waals surface area contributed by atoms with E-state index in [0.717, 1.165) is 19.1 Å². The van der Waals surface area contributed by atoms with Gasteiger partial charge in [-0.05, 0) is 43.7 Å². The second-order valence-corrected chi connectivity index (χ2v) is 5.50. The van der Waals surface area contributed by atoms with Crippen molar-refractivity contribution in [1.82, 2.24) is 0 Å². The van der Waals surface area contributed by atoms with Crippen LogP contribution in [0.5, 0.6) is 0 Å². The van der Waals surface area contributed by atoms with Crippen molar-refractivity contribution in [3.8, 4) is 0 Å². The summed E-state index contributed by atoms with van der Waals surface area (Å²) in [6.45, 7) is 2.34. The number of carbonyl (C=O) groups is 2. The predicted molar refractivity (Wildman–Crippen MR) is 89.5 cm³/mol. The third-order valence-electron chi connectivity index (χ3n) is 3.76. The molecule has 142 valence electrons. The van der Waals surface area contributed by atoms with Gasteiger partial charge >= 0.3 is 5.97 Å². The maximum Gasteiger partial charge on any atom is 0.344 e. The lowest BCUT2D eigenvalue weighted by Gasteiger charge is -2.13. The van der Waals surface area contributed by atoms with Gasteiger partial charge in [0.2, 0.25) is 5.78 Å². The Morgan fingerprint density at radius 2 is 1.63 bits per heavy atom. The molecule has 0 atom stereocenters. The molecule has 8 heteroatoms. The molecule has 0 bridgehead atoms.